The predicted octanol–water partition coefficient (Wildman–Crippen LogP) is 1.52. The van der Waals surface area contributed by atoms with Gasteiger partial charge in [0.1, 0.15) is 11.3 Å². The molecule has 1 aromatic carbocycles. The molecule has 0 radical (unpaired) electrons. The van der Waals surface area contributed by atoms with Gasteiger partial charge in [-0.15, -0.1) is 0 Å². The van der Waals surface area contributed by atoms with Crippen molar-refractivity contribution in [2.24, 2.45) is 0 Å². The molecular weight excluding hydrogens is 272 g/mol. The third-order valence-corrected chi connectivity index (χ3v) is 2.99. The molecule has 0 aromatic heterocycles. The zero-order valence-corrected chi connectivity index (χ0v) is 11.4. The van der Waals surface area contributed by atoms with Gasteiger partial charge in [-0.25, -0.2) is 4.79 Å². The Balaban J connectivity index is 2.61. The largest absolute Gasteiger partial charge is 0.493 e. The summed E-state index contributed by atoms with van der Waals surface area (Å²) in [6.45, 7) is 2.04. The van der Waals surface area contributed by atoms with Gasteiger partial charge in [0, 0.05) is 0 Å². The molecule has 0 aliphatic rings. The molecule has 0 bridgehead atoms. The van der Waals surface area contributed by atoms with Gasteiger partial charge in [-0.05, 0) is 25.5 Å². The Morgan fingerprint density at radius 1 is 1.32 bits per heavy atom. The third kappa shape index (κ3) is 5.71. The lowest BCUT2D eigenvalue weighted by Crippen LogP contribution is -2.11. The minimum Gasteiger partial charge on any atom is -0.493 e. The maximum Gasteiger partial charge on any atom is 0.341 e. The highest BCUT2D eigenvalue weighted by Gasteiger charge is 2.13. The fourth-order valence-electron chi connectivity index (χ4n) is 1.39. The SMILES string of the molecule is CCOC(=O)c1ccccc1OCCCS(=O)(=O)O. The third-order valence-electron chi connectivity index (χ3n) is 2.19. The van der Waals surface area contributed by atoms with Crippen LogP contribution in [0.4, 0.5) is 0 Å². The standard InChI is InChI=1S/C12H16O6S/c1-2-17-12(13)10-6-3-4-7-11(10)18-8-5-9-19(14,15)16/h3-4,6-7H,2,5,8-9H2,1H3,(H,14,15,16). The highest BCUT2D eigenvalue weighted by Crippen LogP contribution is 2.19. The molecule has 0 saturated heterocycles. The first-order valence-electron chi connectivity index (χ1n) is 5.78. The molecule has 0 heterocycles. The van der Waals surface area contributed by atoms with Crippen molar-refractivity contribution in [2.45, 2.75) is 13.3 Å². The topological polar surface area (TPSA) is 89.9 Å². The van der Waals surface area contributed by atoms with Crippen LogP contribution >= 0.6 is 0 Å². The van der Waals surface area contributed by atoms with Gasteiger partial charge in [0.2, 0.25) is 0 Å². The maximum absolute atomic E-state index is 11.6. The first-order valence-corrected chi connectivity index (χ1v) is 7.39. The van der Waals surface area contributed by atoms with E-state index < -0.39 is 16.1 Å². The van der Waals surface area contributed by atoms with E-state index in [2.05, 4.69) is 0 Å². The first kappa shape index (κ1) is 15.5. The number of esters is 1. The fraction of sp³-hybridized carbons (Fsp3) is 0.417. The van der Waals surface area contributed by atoms with E-state index in [1.807, 2.05) is 0 Å². The molecule has 0 amide bonds. The summed E-state index contributed by atoms with van der Waals surface area (Å²) in [6.07, 6.45) is 0.135. The predicted molar refractivity (Wildman–Crippen MR) is 68.9 cm³/mol. The normalized spacial score (nSPS) is 11.1. The number of ether oxygens (including phenoxy) is 2. The van der Waals surface area contributed by atoms with Gasteiger partial charge in [0.25, 0.3) is 10.1 Å². The summed E-state index contributed by atoms with van der Waals surface area (Å²) in [6, 6.07) is 6.54. The number of hydrogen-bond donors (Lipinski definition) is 1. The van der Waals surface area contributed by atoms with Gasteiger partial charge in [0.05, 0.1) is 19.0 Å². The molecular formula is C12H16O6S. The monoisotopic (exact) mass is 288 g/mol. The number of carbonyl (C=O) groups is 1. The molecule has 0 aliphatic heterocycles. The van der Waals surface area contributed by atoms with Crippen LogP contribution in [0.1, 0.15) is 23.7 Å². The van der Waals surface area contributed by atoms with E-state index in [0.29, 0.717) is 5.75 Å². The highest BCUT2D eigenvalue weighted by molar-refractivity contribution is 7.85. The van der Waals surface area contributed by atoms with Crippen molar-refractivity contribution < 1.29 is 27.2 Å². The zero-order valence-electron chi connectivity index (χ0n) is 10.5. The van der Waals surface area contributed by atoms with Crippen LogP contribution in [0.15, 0.2) is 24.3 Å². The molecule has 0 saturated carbocycles. The van der Waals surface area contributed by atoms with Crippen LogP contribution in [-0.4, -0.2) is 37.9 Å². The van der Waals surface area contributed by atoms with Crippen molar-refractivity contribution in [3.05, 3.63) is 29.8 Å². The molecule has 6 nitrogen and oxygen atoms in total. The van der Waals surface area contributed by atoms with Crippen molar-refractivity contribution in [1.29, 1.82) is 0 Å². The molecule has 0 spiro atoms. The lowest BCUT2D eigenvalue weighted by Gasteiger charge is -2.10. The molecule has 1 rings (SSSR count). The average molecular weight is 288 g/mol. The number of rotatable bonds is 7. The summed E-state index contributed by atoms with van der Waals surface area (Å²) in [7, 11) is -3.99. The molecule has 1 aromatic rings. The van der Waals surface area contributed by atoms with Crippen LogP contribution in [0.25, 0.3) is 0 Å². The number of carbonyl (C=O) groups excluding carboxylic acids is 1. The van der Waals surface area contributed by atoms with E-state index in [4.69, 9.17) is 14.0 Å². The Morgan fingerprint density at radius 2 is 2.00 bits per heavy atom. The van der Waals surface area contributed by atoms with E-state index in [-0.39, 0.29) is 31.0 Å². The maximum atomic E-state index is 11.6. The summed E-state index contributed by atoms with van der Waals surface area (Å²) < 4.78 is 39.8. The lowest BCUT2D eigenvalue weighted by molar-refractivity contribution is 0.0521. The summed E-state index contributed by atoms with van der Waals surface area (Å²) >= 11 is 0. The van der Waals surface area contributed by atoms with Gasteiger partial charge >= 0.3 is 5.97 Å². The number of para-hydroxylation sites is 1. The summed E-state index contributed by atoms with van der Waals surface area (Å²) in [5.41, 5.74) is 0.288. The van der Waals surface area contributed by atoms with Gasteiger partial charge in [-0.2, -0.15) is 8.42 Å². The van der Waals surface area contributed by atoms with Crippen molar-refractivity contribution in [3.63, 3.8) is 0 Å². The van der Waals surface area contributed by atoms with Crippen LogP contribution in [0, 0.1) is 0 Å². The first-order chi connectivity index (χ1) is 8.94. The average Bonchev–Trinajstić information content (AvgIpc) is 2.34. The van der Waals surface area contributed by atoms with Crippen LogP contribution in [-0.2, 0) is 14.9 Å². The van der Waals surface area contributed by atoms with E-state index in [1.165, 1.54) is 0 Å². The van der Waals surface area contributed by atoms with Crippen molar-refractivity contribution in [1.82, 2.24) is 0 Å². The zero-order chi connectivity index (χ0) is 14.3. The van der Waals surface area contributed by atoms with Crippen LogP contribution in [0.3, 0.4) is 0 Å². The van der Waals surface area contributed by atoms with Crippen molar-refractivity contribution in [3.8, 4) is 5.75 Å². The summed E-state index contributed by atoms with van der Waals surface area (Å²) in [5, 5.41) is 0. The fourth-order valence-corrected chi connectivity index (χ4v) is 1.88. The van der Waals surface area contributed by atoms with E-state index in [1.54, 1.807) is 31.2 Å². The summed E-state index contributed by atoms with van der Waals surface area (Å²) in [5.74, 6) is -0.543. The molecule has 0 aliphatic carbocycles. The number of hydrogen-bond acceptors (Lipinski definition) is 5. The second-order valence-corrected chi connectivity index (χ2v) is 5.28. The van der Waals surface area contributed by atoms with Gasteiger partial charge in [-0.1, -0.05) is 12.1 Å². The molecule has 0 fully saturated rings. The Labute approximate surface area is 112 Å². The van der Waals surface area contributed by atoms with E-state index >= 15 is 0 Å². The molecule has 0 atom stereocenters. The lowest BCUT2D eigenvalue weighted by atomic mass is 10.2. The second-order valence-electron chi connectivity index (χ2n) is 3.70. The summed E-state index contributed by atoms with van der Waals surface area (Å²) in [4.78, 5) is 11.6. The molecule has 106 valence electrons. The van der Waals surface area contributed by atoms with Gasteiger partial charge < -0.3 is 9.47 Å². The minimum atomic E-state index is -3.99. The van der Waals surface area contributed by atoms with Gasteiger partial charge in [-0.3, -0.25) is 4.55 Å². The highest BCUT2D eigenvalue weighted by atomic mass is 32.2. The van der Waals surface area contributed by atoms with E-state index in [0.717, 1.165) is 0 Å². The second kappa shape index (κ2) is 7.10. The van der Waals surface area contributed by atoms with Crippen LogP contribution < -0.4 is 4.74 Å². The smallest absolute Gasteiger partial charge is 0.341 e. The minimum absolute atomic E-state index is 0.0796. The van der Waals surface area contributed by atoms with Crippen LogP contribution in [0.2, 0.25) is 0 Å². The van der Waals surface area contributed by atoms with Gasteiger partial charge in [0.15, 0.2) is 0 Å². The Bertz CT molecular complexity index is 523. The Hall–Kier alpha value is -1.60. The molecule has 19 heavy (non-hydrogen) atoms. The van der Waals surface area contributed by atoms with Crippen molar-refractivity contribution >= 4 is 16.1 Å². The van der Waals surface area contributed by atoms with Crippen molar-refractivity contribution in [2.75, 3.05) is 19.0 Å². The molecule has 0 unspecified atom stereocenters. The molecule has 1 N–H and O–H groups in total. The Kier molecular flexibility index (Phi) is 5.78. The van der Waals surface area contributed by atoms with E-state index in [9.17, 15) is 13.2 Å². The Morgan fingerprint density at radius 3 is 2.63 bits per heavy atom. The van der Waals surface area contributed by atoms with Crippen LogP contribution in [0.5, 0.6) is 5.75 Å². The molecule has 7 heteroatoms. The number of benzene rings is 1. The quantitative estimate of drug-likeness (QED) is 0.465.